The average Bonchev–Trinajstić information content (AvgIpc) is 3.27. The fourth-order valence-corrected chi connectivity index (χ4v) is 3.13. The van der Waals surface area contributed by atoms with Crippen LogP contribution in [0, 0.1) is 5.92 Å². The maximum absolute atomic E-state index is 12.6. The molecule has 1 N–H and O–H groups in total. The van der Waals surface area contributed by atoms with E-state index in [1.807, 2.05) is 25.1 Å². The number of rotatable bonds is 3. The highest BCUT2D eigenvalue weighted by molar-refractivity contribution is 5.91. The molecule has 106 valence electrons. The van der Waals surface area contributed by atoms with Gasteiger partial charge in [-0.15, -0.1) is 0 Å². The van der Waals surface area contributed by atoms with Gasteiger partial charge in [0.2, 0.25) is 11.8 Å². The van der Waals surface area contributed by atoms with Crippen LogP contribution >= 0.6 is 0 Å². The molecule has 3 atom stereocenters. The smallest absolute Gasteiger partial charge is 0.242 e. The molecule has 3 rings (SSSR count). The SMILES string of the molecule is CCC1C(=O)NCCN1C(=O)C1CC1c1ccccc1. The summed E-state index contributed by atoms with van der Waals surface area (Å²) >= 11 is 0. The van der Waals surface area contributed by atoms with Crippen molar-refractivity contribution in [3.8, 4) is 0 Å². The lowest BCUT2D eigenvalue weighted by Gasteiger charge is -2.34. The summed E-state index contributed by atoms with van der Waals surface area (Å²) < 4.78 is 0. The Morgan fingerprint density at radius 3 is 2.80 bits per heavy atom. The third kappa shape index (κ3) is 2.30. The Balaban J connectivity index is 1.69. The predicted molar refractivity (Wildman–Crippen MR) is 76.1 cm³/mol. The number of piperazine rings is 1. The predicted octanol–water partition coefficient (Wildman–Crippen LogP) is 1.53. The third-order valence-corrected chi connectivity index (χ3v) is 4.34. The van der Waals surface area contributed by atoms with E-state index in [1.165, 1.54) is 5.56 Å². The van der Waals surface area contributed by atoms with Gasteiger partial charge in [0.1, 0.15) is 6.04 Å². The molecule has 4 nitrogen and oxygen atoms in total. The van der Waals surface area contributed by atoms with Crippen LogP contribution in [0.3, 0.4) is 0 Å². The lowest BCUT2D eigenvalue weighted by atomic mass is 10.1. The normalized spacial score (nSPS) is 28.9. The van der Waals surface area contributed by atoms with Crippen LogP contribution in [-0.4, -0.2) is 35.8 Å². The average molecular weight is 272 g/mol. The number of amides is 2. The lowest BCUT2D eigenvalue weighted by Crippen LogP contribution is -2.57. The van der Waals surface area contributed by atoms with Gasteiger partial charge in [0.25, 0.3) is 0 Å². The molecule has 2 fully saturated rings. The zero-order valence-electron chi connectivity index (χ0n) is 11.7. The second kappa shape index (κ2) is 5.27. The molecule has 3 unspecified atom stereocenters. The topological polar surface area (TPSA) is 49.4 Å². The lowest BCUT2D eigenvalue weighted by molar-refractivity contribution is -0.144. The van der Waals surface area contributed by atoms with Gasteiger partial charge in [0.05, 0.1) is 0 Å². The second-order valence-corrected chi connectivity index (χ2v) is 5.61. The largest absolute Gasteiger partial charge is 0.353 e. The Bertz CT molecular complexity index is 514. The first-order valence-corrected chi connectivity index (χ1v) is 7.35. The van der Waals surface area contributed by atoms with Crippen LogP contribution in [0.25, 0.3) is 0 Å². The van der Waals surface area contributed by atoms with Crippen LogP contribution in [0.5, 0.6) is 0 Å². The second-order valence-electron chi connectivity index (χ2n) is 5.61. The molecule has 1 aliphatic heterocycles. The van der Waals surface area contributed by atoms with Crippen molar-refractivity contribution in [2.75, 3.05) is 13.1 Å². The van der Waals surface area contributed by atoms with Gasteiger partial charge in [-0.25, -0.2) is 0 Å². The molecule has 4 heteroatoms. The molecular formula is C16H20N2O2. The minimum atomic E-state index is -0.284. The van der Waals surface area contributed by atoms with Crippen LogP contribution in [0.1, 0.15) is 31.2 Å². The van der Waals surface area contributed by atoms with Crippen molar-refractivity contribution in [2.45, 2.75) is 31.7 Å². The van der Waals surface area contributed by atoms with Gasteiger partial charge in [0.15, 0.2) is 0 Å². The molecule has 0 aromatic heterocycles. The zero-order valence-corrected chi connectivity index (χ0v) is 11.7. The number of hydrogen-bond donors (Lipinski definition) is 1. The maximum atomic E-state index is 12.6. The van der Waals surface area contributed by atoms with Crippen molar-refractivity contribution < 1.29 is 9.59 Å². The van der Waals surface area contributed by atoms with E-state index in [-0.39, 0.29) is 23.8 Å². The summed E-state index contributed by atoms with van der Waals surface area (Å²) in [4.78, 5) is 26.2. The van der Waals surface area contributed by atoms with Gasteiger partial charge in [-0.2, -0.15) is 0 Å². The Kier molecular flexibility index (Phi) is 3.47. The molecule has 1 aromatic carbocycles. The van der Waals surface area contributed by atoms with Crippen molar-refractivity contribution in [3.05, 3.63) is 35.9 Å². The van der Waals surface area contributed by atoms with Crippen molar-refractivity contribution in [1.82, 2.24) is 10.2 Å². The minimum Gasteiger partial charge on any atom is -0.353 e. The number of nitrogens with one attached hydrogen (secondary N) is 1. The number of benzene rings is 1. The van der Waals surface area contributed by atoms with E-state index >= 15 is 0 Å². The molecule has 0 spiro atoms. The molecular weight excluding hydrogens is 252 g/mol. The van der Waals surface area contributed by atoms with E-state index in [4.69, 9.17) is 0 Å². The summed E-state index contributed by atoms with van der Waals surface area (Å²) in [5.41, 5.74) is 1.24. The van der Waals surface area contributed by atoms with Crippen LogP contribution in [0.4, 0.5) is 0 Å². The highest BCUT2D eigenvalue weighted by atomic mass is 16.2. The summed E-state index contributed by atoms with van der Waals surface area (Å²) in [6, 6.07) is 9.89. The van der Waals surface area contributed by atoms with Gasteiger partial charge < -0.3 is 10.2 Å². The highest BCUT2D eigenvalue weighted by Crippen LogP contribution is 2.48. The fraction of sp³-hybridized carbons (Fsp3) is 0.500. The van der Waals surface area contributed by atoms with Crippen molar-refractivity contribution >= 4 is 11.8 Å². The summed E-state index contributed by atoms with van der Waals surface area (Å²) in [5, 5.41) is 2.84. The van der Waals surface area contributed by atoms with Gasteiger partial charge in [-0.1, -0.05) is 37.3 Å². The molecule has 1 heterocycles. The Labute approximate surface area is 119 Å². The Hall–Kier alpha value is -1.84. The number of carbonyl (C=O) groups excluding carboxylic acids is 2. The molecule has 1 saturated heterocycles. The number of hydrogen-bond acceptors (Lipinski definition) is 2. The van der Waals surface area contributed by atoms with Crippen molar-refractivity contribution in [2.24, 2.45) is 5.92 Å². The molecule has 2 aliphatic rings. The first-order chi connectivity index (χ1) is 9.72. The van der Waals surface area contributed by atoms with Crippen LogP contribution < -0.4 is 5.32 Å². The summed E-state index contributed by atoms with van der Waals surface area (Å²) in [6.45, 7) is 3.17. The first kappa shape index (κ1) is 13.2. The van der Waals surface area contributed by atoms with Crippen molar-refractivity contribution in [3.63, 3.8) is 0 Å². The molecule has 1 saturated carbocycles. The highest BCUT2D eigenvalue weighted by Gasteiger charge is 2.47. The molecule has 2 amide bonds. The van der Waals surface area contributed by atoms with Crippen LogP contribution in [-0.2, 0) is 9.59 Å². The Morgan fingerprint density at radius 1 is 1.35 bits per heavy atom. The van der Waals surface area contributed by atoms with E-state index in [9.17, 15) is 9.59 Å². The molecule has 1 aromatic rings. The van der Waals surface area contributed by atoms with E-state index in [0.29, 0.717) is 25.4 Å². The standard InChI is InChI=1S/C16H20N2O2/c1-2-14-15(19)17-8-9-18(14)16(20)13-10-12(13)11-6-4-3-5-7-11/h3-7,12-14H,2,8-10H2,1H3,(H,17,19). The summed E-state index contributed by atoms with van der Waals surface area (Å²) in [7, 11) is 0. The summed E-state index contributed by atoms with van der Waals surface area (Å²) in [5.74, 6) is 0.549. The van der Waals surface area contributed by atoms with Gasteiger partial charge in [0, 0.05) is 19.0 Å². The van der Waals surface area contributed by atoms with E-state index in [1.54, 1.807) is 4.90 Å². The number of carbonyl (C=O) groups is 2. The molecule has 20 heavy (non-hydrogen) atoms. The monoisotopic (exact) mass is 272 g/mol. The molecule has 0 radical (unpaired) electrons. The van der Waals surface area contributed by atoms with E-state index < -0.39 is 0 Å². The van der Waals surface area contributed by atoms with Crippen LogP contribution in [0.15, 0.2) is 30.3 Å². The maximum Gasteiger partial charge on any atom is 0.242 e. The third-order valence-electron chi connectivity index (χ3n) is 4.34. The van der Waals surface area contributed by atoms with E-state index in [2.05, 4.69) is 17.4 Å². The van der Waals surface area contributed by atoms with Crippen molar-refractivity contribution in [1.29, 1.82) is 0 Å². The van der Waals surface area contributed by atoms with E-state index in [0.717, 1.165) is 6.42 Å². The molecule has 1 aliphatic carbocycles. The fourth-order valence-electron chi connectivity index (χ4n) is 3.13. The zero-order chi connectivity index (χ0) is 14.1. The molecule has 0 bridgehead atoms. The minimum absolute atomic E-state index is 0.0102. The van der Waals surface area contributed by atoms with Gasteiger partial charge in [-0.05, 0) is 24.3 Å². The Morgan fingerprint density at radius 2 is 2.10 bits per heavy atom. The van der Waals surface area contributed by atoms with Gasteiger partial charge >= 0.3 is 0 Å². The quantitative estimate of drug-likeness (QED) is 0.907. The first-order valence-electron chi connectivity index (χ1n) is 7.35. The summed E-state index contributed by atoms with van der Waals surface area (Å²) in [6.07, 6.45) is 1.59. The van der Waals surface area contributed by atoms with Crippen LogP contribution in [0.2, 0.25) is 0 Å². The number of nitrogens with zero attached hydrogens (tertiary/aromatic N) is 1. The van der Waals surface area contributed by atoms with Gasteiger partial charge in [-0.3, -0.25) is 9.59 Å².